The summed E-state index contributed by atoms with van der Waals surface area (Å²) in [6.45, 7) is 6.45. The van der Waals surface area contributed by atoms with Gasteiger partial charge in [0.15, 0.2) is 0 Å². The van der Waals surface area contributed by atoms with Crippen molar-refractivity contribution in [3.05, 3.63) is 35.4 Å². The maximum Gasteiger partial charge on any atom is 0.150 e. The van der Waals surface area contributed by atoms with Crippen LogP contribution in [0.25, 0.3) is 0 Å². The Morgan fingerprint density at radius 1 is 1.22 bits per heavy atom. The molecule has 0 aliphatic heterocycles. The second-order valence-electron chi connectivity index (χ2n) is 5.47. The van der Waals surface area contributed by atoms with E-state index in [1.165, 1.54) is 5.56 Å². The molecule has 0 aromatic heterocycles. The van der Waals surface area contributed by atoms with E-state index in [1.807, 2.05) is 24.3 Å². The molecule has 18 heavy (non-hydrogen) atoms. The largest absolute Gasteiger partial charge is 0.387 e. The number of rotatable bonds is 5. The first-order valence-corrected chi connectivity index (χ1v) is 8.18. The first-order valence-electron chi connectivity index (χ1n) is 6.12. The summed E-state index contributed by atoms with van der Waals surface area (Å²) >= 11 is 0. The third-order valence-corrected chi connectivity index (χ3v) is 4.34. The molecule has 0 heterocycles. The number of benzene rings is 1. The predicted octanol–water partition coefficient (Wildman–Crippen LogP) is 2.45. The molecule has 102 valence electrons. The summed E-state index contributed by atoms with van der Waals surface area (Å²) in [4.78, 5) is 0. The summed E-state index contributed by atoms with van der Waals surface area (Å²) in [5.41, 5.74) is 1.94. The molecule has 1 aromatic rings. The highest BCUT2D eigenvalue weighted by molar-refractivity contribution is 7.90. The van der Waals surface area contributed by atoms with Crippen LogP contribution in [0, 0.1) is 0 Å². The smallest absolute Gasteiger partial charge is 0.150 e. The van der Waals surface area contributed by atoms with Crippen LogP contribution in [0.1, 0.15) is 44.4 Å². The molecule has 0 aliphatic carbocycles. The van der Waals surface area contributed by atoms with Gasteiger partial charge in [0, 0.05) is 6.26 Å². The molecule has 0 saturated carbocycles. The van der Waals surface area contributed by atoms with Crippen LogP contribution in [-0.4, -0.2) is 25.5 Å². The van der Waals surface area contributed by atoms with Crippen molar-refractivity contribution >= 4 is 9.84 Å². The Kier molecular flexibility index (Phi) is 4.56. The highest BCUT2D eigenvalue weighted by Gasteiger charge is 2.19. The van der Waals surface area contributed by atoms with Crippen LogP contribution in [-0.2, 0) is 15.3 Å². The number of aliphatic hydroxyl groups is 1. The van der Waals surface area contributed by atoms with Crippen molar-refractivity contribution in [1.82, 2.24) is 0 Å². The fraction of sp³-hybridized carbons (Fsp3) is 0.571. The van der Waals surface area contributed by atoms with Crippen LogP contribution in [0.3, 0.4) is 0 Å². The Labute approximate surface area is 110 Å². The molecule has 1 unspecified atom stereocenters. The normalized spacial score (nSPS) is 14.5. The molecule has 0 radical (unpaired) electrons. The minimum atomic E-state index is -3.16. The van der Waals surface area contributed by atoms with E-state index in [2.05, 4.69) is 20.8 Å². The SMILES string of the molecule is CCC(C)(C)c1ccc(C(O)CS(C)(=O)=O)cc1. The van der Waals surface area contributed by atoms with Gasteiger partial charge in [-0.15, -0.1) is 0 Å². The van der Waals surface area contributed by atoms with E-state index in [-0.39, 0.29) is 11.2 Å². The van der Waals surface area contributed by atoms with Crippen molar-refractivity contribution in [3.63, 3.8) is 0 Å². The van der Waals surface area contributed by atoms with E-state index in [1.54, 1.807) is 0 Å². The average molecular weight is 270 g/mol. The van der Waals surface area contributed by atoms with Crippen LogP contribution < -0.4 is 0 Å². The molecular weight excluding hydrogens is 248 g/mol. The zero-order valence-corrected chi connectivity index (χ0v) is 12.3. The van der Waals surface area contributed by atoms with Crippen LogP contribution in [0.2, 0.25) is 0 Å². The van der Waals surface area contributed by atoms with E-state index in [9.17, 15) is 13.5 Å². The fourth-order valence-electron chi connectivity index (χ4n) is 1.74. The molecule has 0 amide bonds. The molecule has 1 atom stereocenters. The van der Waals surface area contributed by atoms with E-state index in [4.69, 9.17) is 0 Å². The van der Waals surface area contributed by atoms with Crippen LogP contribution >= 0.6 is 0 Å². The Hall–Kier alpha value is -0.870. The van der Waals surface area contributed by atoms with Gasteiger partial charge in [-0.2, -0.15) is 0 Å². The van der Waals surface area contributed by atoms with Gasteiger partial charge in [-0.25, -0.2) is 8.42 Å². The zero-order valence-electron chi connectivity index (χ0n) is 11.5. The highest BCUT2D eigenvalue weighted by Crippen LogP contribution is 2.27. The van der Waals surface area contributed by atoms with Gasteiger partial charge in [0.05, 0.1) is 11.9 Å². The van der Waals surface area contributed by atoms with E-state index >= 15 is 0 Å². The average Bonchev–Trinajstić information content (AvgIpc) is 2.27. The molecule has 0 spiro atoms. The monoisotopic (exact) mass is 270 g/mol. The van der Waals surface area contributed by atoms with Crippen LogP contribution in [0.4, 0.5) is 0 Å². The third kappa shape index (κ3) is 4.10. The summed E-state index contributed by atoms with van der Waals surface area (Å²) in [6.07, 6.45) is 1.21. The quantitative estimate of drug-likeness (QED) is 0.894. The first-order chi connectivity index (χ1) is 8.15. The van der Waals surface area contributed by atoms with E-state index in [0.29, 0.717) is 5.56 Å². The summed E-state index contributed by atoms with van der Waals surface area (Å²) in [5.74, 6) is -0.233. The Morgan fingerprint density at radius 3 is 2.11 bits per heavy atom. The Morgan fingerprint density at radius 2 is 1.72 bits per heavy atom. The summed E-state index contributed by atoms with van der Waals surface area (Å²) in [5, 5.41) is 9.83. The summed E-state index contributed by atoms with van der Waals surface area (Å²) in [7, 11) is -3.16. The van der Waals surface area contributed by atoms with Crippen LogP contribution in [0.15, 0.2) is 24.3 Å². The van der Waals surface area contributed by atoms with Crippen molar-refractivity contribution in [2.75, 3.05) is 12.0 Å². The van der Waals surface area contributed by atoms with Crippen molar-refractivity contribution in [1.29, 1.82) is 0 Å². The summed E-state index contributed by atoms with van der Waals surface area (Å²) < 4.78 is 22.3. The topological polar surface area (TPSA) is 54.4 Å². The van der Waals surface area contributed by atoms with Crippen molar-refractivity contribution < 1.29 is 13.5 Å². The molecule has 1 rings (SSSR count). The molecule has 0 saturated heterocycles. The van der Waals surface area contributed by atoms with Gasteiger partial charge < -0.3 is 5.11 Å². The lowest BCUT2D eigenvalue weighted by molar-refractivity contribution is 0.202. The van der Waals surface area contributed by atoms with Gasteiger partial charge >= 0.3 is 0 Å². The maximum atomic E-state index is 11.1. The van der Waals surface area contributed by atoms with Crippen molar-refractivity contribution in [2.24, 2.45) is 0 Å². The lowest BCUT2D eigenvalue weighted by Gasteiger charge is -2.23. The highest BCUT2D eigenvalue weighted by atomic mass is 32.2. The van der Waals surface area contributed by atoms with Gasteiger partial charge in [-0.05, 0) is 23.0 Å². The molecule has 4 heteroatoms. The number of sulfone groups is 1. The number of aliphatic hydroxyl groups excluding tert-OH is 1. The Bertz CT molecular complexity index is 486. The summed E-state index contributed by atoms with van der Waals surface area (Å²) in [6, 6.07) is 7.54. The van der Waals surface area contributed by atoms with Crippen molar-refractivity contribution in [2.45, 2.75) is 38.7 Å². The molecule has 1 aromatic carbocycles. The van der Waals surface area contributed by atoms with E-state index < -0.39 is 15.9 Å². The van der Waals surface area contributed by atoms with Gasteiger partial charge in [0.25, 0.3) is 0 Å². The minimum Gasteiger partial charge on any atom is -0.387 e. The minimum absolute atomic E-state index is 0.0975. The maximum absolute atomic E-state index is 11.1. The zero-order chi connectivity index (χ0) is 14.0. The number of hydrogen-bond donors (Lipinski definition) is 1. The van der Waals surface area contributed by atoms with Gasteiger partial charge in [0.2, 0.25) is 0 Å². The number of hydrogen-bond acceptors (Lipinski definition) is 3. The Balaban J connectivity index is 2.90. The molecular formula is C14H22O3S. The lowest BCUT2D eigenvalue weighted by atomic mass is 9.82. The third-order valence-electron chi connectivity index (χ3n) is 3.42. The molecule has 0 aliphatic rings. The lowest BCUT2D eigenvalue weighted by Crippen LogP contribution is -2.16. The second kappa shape index (κ2) is 5.41. The van der Waals surface area contributed by atoms with Gasteiger partial charge in [0.1, 0.15) is 9.84 Å². The fourth-order valence-corrected chi connectivity index (χ4v) is 2.51. The van der Waals surface area contributed by atoms with E-state index in [0.717, 1.165) is 12.7 Å². The first kappa shape index (κ1) is 15.2. The van der Waals surface area contributed by atoms with Gasteiger partial charge in [-0.3, -0.25) is 0 Å². The molecule has 0 bridgehead atoms. The molecule has 3 nitrogen and oxygen atoms in total. The van der Waals surface area contributed by atoms with Gasteiger partial charge in [-0.1, -0.05) is 45.0 Å². The molecule has 0 fully saturated rings. The predicted molar refractivity (Wildman–Crippen MR) is 74.4 cm³/mol. The molecule has 1 N–H and O–H groups in total. The second-order valence-corrected chi connectivity index (χ2v) is 7.65. The standard InChI is InChI=1S/C14H22O3S/c1-5-14(2,3)12-8-6-11(7-9-12)13(15)10-18(4,16)17/h6-9,13,15H,5,10H2,1-4H3. The van der Waals surface area contributed by atoms with Crippen LogP contribution in [0.5, 0.6) is 0 Å². The van der Waals surface area contributed by atoms with Crippen molar-refractivity contribution in [3.8, 4) is 0 Å².